The smallest absolute Gasteiger partial charge is 0.314 e. The molecule has 0 unspecified atom stereocenters. The molecule has 0 saturated heterocycles. The summed E-state index contributed by atoms with van der Waals surface area (Å²) >= 11 is 0. The molecule has 0 aromatic heterocycles. The van der Waals surface area contributed by atoms with Crippen molar-refractivity contribution in [1.29, 1.82) is 0 Å². The number of hydrogen-bond acceptors (Lipinski definition) is 13. The summed E-state index contributed by atoms with van der Waals surface area (Å²) in [6.45, 7) is 2.73. The van der Waals surface area contributed by atoms with Crippen LogP contribution in [0.5, 0.6) is 0 Å². The van der Waals surface area contributed by atoms with E-state index < -0.39 is 39.3 Å². The average Bonchev–Trinajstić information content (AvgIpc) is 2.59. The highest BCUT2D eigenvalue weighted by atomic mass is 17.0. The predicted octanol–water partition coefficient (Wildman–Crippen LogP) is -1.17. The van der Waals surface area contributed by atoms with Crippen molar-refractivity contribution in [1.82, 2.24) is 10.6 Å². The van der Waals surface area contributed by atoms with Gasteiger partial charge in [0.05, 0.1) is 13.2 Å². The van der Waals surface area contributed by atoms with Crippen molar-refractivity contribution in [2.24, 2.45) is 0 Å². The van der Waals surface area contributed by atoms with Gasteiger partial charge in [0.1, 0.15) is 17.0 Å². The number of carbonyl (C=O) groups excluding carboxylic acids is 2. The first-order valence-electron chi connectivity index (χ1n) is 8.05. The fraction of sp³-hybridized carbons (Fsp3) is 0.833. The van der Waals surface area contributed by atoms with E-state index in [-0.39, 0.29) is 39.1 Å². The van der Waals surface area contributed by atoms with Crippen molar-refractivity contribution < 1.29 is 44.2 Å². The van der Waals surface area contributed by atoms with Gasteiger partial charge in [0.2, 0.25) is 0 Å². The molecule has 0 aliphatic heterocycles. The Morgan fingerprint density at radius 3 is 1.50 bits per heavy atom. The molecule has 0 aliphatic carbocycles. The number of nitrogens with zero attached hydrogens (tertiary/aromatic N) is 3. The molecule has 0 bridgehead atoms. The van der Waals surface area contributed by atoms with Crippen LogP contribution in [0.2, 0.25) is 0 Å². The van der Waals surface area contributed by atoms with Crippen LogP contribution in [0.15, 0.2) is 0 Å². The van der Waals surface area contributed by atoms with Crippen LogP contribution in [-0.2, 0) is 28.9 Å². The van der Waals surface area contributed by atoms with E-state index >= 15 is 0 Å². The topological polar surface area (TPSA) is 201 Å². The van der Waals surface area contributed by atoms with Crippen LogP contribution in [0.4, 0.5) is 0 Å². The summed E-state index contributed by atoms with van der Waals surface area (Å²) in [5, 5.41) is 22.6. The van der Waals surface area contributed by atoms with E-state index in [1.807, 2.05) is 0 Å². The van der Waals surface area contributed by atoms with Crippen LogP contribution in [0.3, 0.4) is 0 Å². The van der Waals surface area contributed by atoms with E-state index in [0.717, 1.165) is 0 Å². The second-order valence-electron chi connectivity index (χ2n) is 5.22. The maximum Gasteiger partial charge on any atom is 0.495 e. The molecule has 160 valence electrons. The van der Waals surface area contributed by atoms with Crippen molar-refractivity contribution in [3.63, 3.8) is 0 Å². The van der Waals surface area contributed by atoms with Gasteiger partial charge in [0.15, 0.2) is 0 Å². The van der Waals surface area contributed by atoms with E-state index in [1.54, 1.807) is 0 Å². The van der Waals surface area contributed by atoms with E-state index in [9.17, 15) is 34.7 Å². The molecule has 28 heavy (non-hydrogen) atoms. The minimum absolute atomic E-state index is 0.171. The summed E-state index contributed by atoms with van der Waals surface area (Å²) in [7, 11) is 0. The normalized spacial score (nSPS) is 12.4. The standard InChI is InChI=1S/C12H22N5O11/c1-9(13-5-3-7-25-15(20)21)11(18)27-17(24)28-12(19)10(2)14-6-4-8-26-16(22)23/h9-10,13-14H,3-8H2,1-2H3/q+1/t9-,10-/m0/s1. The zero-order valence-electron chi connectivity index (χ0n) is 15.2. The van der Waals surface area contributed by atoms with Gasteiger partial charge in [-0.2, -0.15) is 0 Å². The summed E-state index contributed by atoms with van der Waals surface area (Å²) in [6.07, 6.45) is 0.453. The lowest BCUT2D eigenvalue weighted by Crippen LogP contribution is -2.40. The summed E-state index contributed by atoms with van der Waals surface area (Å²) in [5.41, 5.74) is 0. The third-order valence-electron chi connectivity index (χ3n) is 2.97. The first-order valence-corrected chi connectivity index (χ1v) is 8.05. The Balaban J connectivity index is 3.99. The molecule has 16 nitrogen and oxygen atoms in total. The zero-order chi connectivity index (χ0) is 21.5. The van der Waals surface area contributed by atoms with E-state index in [0.29, 0.717) is 0 Å². The zero-order valence-corrected chi connectivity index (χ0v) is 15.2. The van der Waals surface area contributed by atoms with Gasteiger partial charge in [-0.25, -0.2) is 9.59 Å². The Hall–Kier alpha value is -3.14. The monoisotopic (exact) mass is 412 g/mol. The highest BCUT2D eigenvalue weighted by Crippen LogP contribution is 1.95. The largest absolute Gasteiger partial charge is 0.495 e. The summed E-state index contributed by atoms with van der Waals surface area (Å²) in [5.74, 6) is -2.09. The molecule has 0 saturated carbocycles. The predicted molar refractivity (Wildman–Crippen MR) is 85.9 cm³/mol. The maximum atomic E-state index is 11.6. The molecule has 0 heterocycles. The van der Waals surface area contributed by atoms with Crippen molar-refractivity contribution >= 4 is 11.9 Å². The molecule has 0 aromatic rings. The number of hydrogen-bond donors (Lipinski definition) is 2. The lowest BCUT2D eigenvalue weighted by Gasteiger charge is -2.09. The quantitative estimate of drug-likeness (QED) is 0.175. The average molecular weight is 412 g/mol. The van der Waals surface area contributed by atoms with Crippen molar-refractivity contribution in [2.45, 2.75) is 38.8 Å². The van der Waals surface area contributed by atoms with Crippen LogP contribution in [0, 0.1) is 25.1 Å². The van der Waals surface area contributed by atoms with Crippen LogP contribution < -0.4 is 10.6 Å². The Morgan fingerprint density at radius 2 is 1.18 bits per heavy atom. The Labute approximate surface area is 158 Å². The number of rotatable bonds is 16. The van der Waals surface area contributed by atoms with Crippen molar-refractivity contribution in [2.75, 3.05) is 26.3 Å². The number of carbonyl (C=O) groups is 2. The van der Waals surface area contributed by atoms with Crippen LogP contribution in [0.25, 0.3) is 0 Å². The van der Waals surface area contributed by atoms with Crippen LogP contribution in [-0.4, -0.2) is 65.6 Å². The molecule has 2 atom stereocenters. The molecule has 0 fully saturated rings. The highest BCUT2D eigenvalue weighted by Gasteiger charge is 2.30. The first kappa shape index (κ1) is 24.9. The Bertz CT molecular complexity index is 512. The van der Waals surface area contributed by atoms with Gasteiger partial charge in [-0.1, -0.05) is 0 Å². The SMILES string of the molecule is C[C@H](NCCCO[N+](=O)[O-])C(=O)O[N+](=O)OC(=O)[C@H](C)NCCCO[N+](=O)[O-]. The fourth-order valence-electron chi connectivity index (χ4n) is 1.55. The van der Waals surface area contributed by atoms with Gasteiger partial charge in [-0.3, -0.25) is 0 Å². The second kappa shape index (κ2) is 14.0. The van der Waals surface area contributed by atoms with Gasteiger partial charge in [-0.15, -0.1) is 29.9 Å². The third-order valence-corrected chi connectivity index (χ3v) is 2.97. The lowest BCUT2D eigenvalue weighted by molar-refractivity contribution is -0.945. The first-order chi connectivity index (χ1) is 13.1. The fourth-order valence-corrected chi connectivity index (χ4v) is 1.55. The Kier molecular flexibility index (Phi) is 12.4. The lowest BCUT2D eigenvalue weighted by atomic mass is 10.3. The van der Waals surface area contributed by atoms with Gasteiger partial charge in [-0.05, 0) is 39.8 Å². The third kappa shape index (κ3) is 13.1. The molecule has 0 radical (unpaired) electrons. The van der Waals surface area contributed by atoms with Crippen LogP contribution >= 0.6 is 0 Å². The van der Waals surface area contributed by atoms with Gasteiger partial charge in [0.25, 0.3) is 10.2 Å². The molecule has 0 spiro atoms. The molecule has 0 aliphatic rings. The summed E-state index contributed by atoms with van der Waals surface area (Å²) in [6, 6.07) is -1.91. The van der Waals surface area contributed by atoms with E-state index in [1.165, 1.54) is 13.8 Å². The minimum atomic E-state index is -1.05. The minimum Gasteiger partial charge on any atom is -0.314 e. The summed E-state index contributed by atoms with van der Waals surface area (Å²) in [4.78, 5) is 71.2. The summed E-state index contributed by atoms with van der Waals surface area (Å²) < 4.78 is 0. The molecular formula is C12H22N5O11+. The van der Waals surface area contributed by atoms with Crippen molar-refractivity contribution in [3.05, 3.63) is 25.1 Å². The molecule has 0 amide bonds. The van der Waals surface area contributed by atoms with Crippen LogP contribution in [0.1, 0.15) is 26.7 Å². The maximum absolute atomic E-state index is 11.6. The molecule has 16 heteroatoms. The van der Waals surface area contributed by atoms with Gasteiger partial charge in [0, 0.05) is 0 Å². The molecular weight excluding hydrogens is 390 g/mol. The molecule has 0 rings (SSSR count). The number of nitrogens with one attached hydrogen (secondary N) is 2. The Morgan fingerprint density at radius 1 is 0.821 bits per heavy atom. The molecule has 2 N–H and O–H groups in total. The van der Waals surface area contributed by atoms with Crippen molar-refractivity contribution in [3.8, 4) is 0 Å². The molecule has 0 aromatic carbocycles. The highest BCUT2D eigenvalue weighted by molar-refractivity contribution is 5.75. The van der Waals surface area contributed by atoms with Gasteiger partial charge >= 0.3 is 17.0 Å². The van der Waals surface area contributed by atoms with E-state index in [2.05, 4.69) is 30.0 Å². The second-order valence-corrected chi connectivity index (χ2v) is 5.22. The van der Waals surface area contributed by atoms with E-state index in [4.69, 9.17) is 0 Å². The van der Waals surface area contributed by atoms with Gasteiger partial charge < -0.3 is 20.3 Å².